The zero-order chi connectivity index (χ0) is 13.5. The molecule has 0 bridgehead atoms. The summed E-state index contributed by atoms with van der Waals surface area (Å²) in [5.74, 6) is 1.06. The minimum absolute atomic E-state index is 0.148. The number of aliphatic hydroxyl groups is 1. The standard InChI is InChI=1S/C11H20F2N4O/c1-9(2)5-17-11(14-8-15-17)7-16(3-4-18)6-10(12)13/h8-10,18H,3-7H2,1-2H3. The lowest BCUT2D eigenvalue weighted by Gasteiger charge is -2.20. The van der Waals surface area contributed by atoms with Gasteiger partial charge in [0.2, 0.25) is 0 Å². The van der Waals surface area contributed by atoms with Gasteiger partial charge in [0.15, 0.2) is 0 Å². The lowest BCUT2D eigenvalue weighted by atomic mass is 10.2. The summed E-state index contributed by atoms with van der Waals surface area (Å²) < 4.78 is 26.5. The highest BCUT2D eigenvalue weighted by Crippen LogP contribution is 2.06. The number of hydrogen-bond acceptors (Lipinski definition) is 4. The Morgan fingerprint density at radius 3 is 2.72 bits per heavy atom. The Kier molecular flexibility index (Phi) is 6.14. The van der Waals surface area contributed by atoms with E-state index in [1.54, 1.807) is 4.68 Å². The molecule has 0 fully saturated rings. The van der Waals surface area contributed by atoms with Crippen LogP contribution in [0, 0.1) is 5.92 Å². The molecule has 1 aromatic heterocycles. The maximum absolute atomic E-state index is 12.4. The number of hydrogen-bond donors (Lipinski definition) is 1. The van der Waals surface area contributed by atoms with Crippen molar-refractivity contribution in [3.05, 3.63) is 12.2 Å². The Balaban J connectivity index is 2.64. The minimum Gasteiger partial charge on any atom is -0.395 e. The highest BCUT2D eigenvalue weighted by atomic mass is 19.3. The number of alkyl halides is 2. The zero-order valence-corrected chi connectivity index (χ0v) is 10.8. The molecule has 0 aliphatic heterocycles. The predicted molar refractivity (Wildman–Crippen MR) is 63.2 cm³/mol. The van der Waals surface area contributed by atoms with Crippen molar-refractivity contribution in [2.24, 2.45) is 5.92 Å². The van der Waals surface area contributed by atoms with Crippen molar-refractivity contribution in [1.82, 2.24) is 19.7 Å². The van der Waals surface area contributed by atoms with Crippen LogP contribution in [0.3, 0.4) is 0 Å². The molecule has 0 aliphatic carbocycles. The highest BCUT2D eigenvalue weighted by Gasteiger charge is 2.15. The Bertz CT molecular complexity index is 344. The van der Waals surface area contributed by atoms with Gasteiger partial charge >= 0.3 is 0 Å². The van der Waals surface area contributed by atoms with Crippen LogP contribution >= 0.6 is 0 Å². The van der Waals surface area contributed by atoms with E-state index in [1.807, 2.05) is 0 Å². The first-order chi connectivity index (χ1) is 8.52. The van der Waals surface area contributed by atoms with Crippen LogP contribution in [0.4, 0.5) is 8.78 Å². The molecular weight excluding hydrogens is 242 g/mol. The Labute approximate surface area is 105 Å². The molecule has 1 heterocycles. The number of aromatic nitrogens is 3. The van der Waals surface area contributed by atoms with Crippen LogP contribution < -0.4 is 0 Å². The van der Waals surface area contributed by atoms with Gasteiger partial charge in [0, 0.05) is 13.1 Å². The van der Waals surface area contributed by atoms with E-state index in [0.717, 1.165) is 0 Å². The van der Waals surface area contributed by atoms with Crippen LogP contribution in [0.1, 0.15) is 19.7 Å². The first kappa shape index (κ1) is 15.0. The molecule has 1 N–H and O–H groups in total. The van der Waals surface area contributed by atoms with Crippen molar-refractivity contribution in [2.75, 3.05) is 19.7 Å². The van der Waals surface area contributed by atoms with Crippen molar-refractivity contribution in [3.63, 3.8) is 0 Å². The predicted octanol–water partition coefficient (Wildman–Crippen LogP) is 0.993. The normalized spacial score (nSPS) is 12.0. The molecule has 0 saturated heterocycles. The van der Waals surface area contributed by atoms with Crippen molar-refractivity contribution >= 4 is 0 Å². The van der Waals surface area contributed by atoms with E-state index in [4.69, 9.17) is 5.11 Å². The Morgan fingerprint density at radius 2 is 2.17 bits per heavy atom. The molecule has 0 radical (unpaired) electrons. The van der Waals surface area contributed by atoms with Gasteiger partial charge < -0.3 is 5.11 Å². The fraction of sp³-hybridized carbons (Fsp3) is 0.818. The van der Waals surface area contributed by atoms with E-state index in [1.165, 1.54) is 11.2 Å². The molecule has 0 aliphatic rings. The molecule has 104 valence electrons. The maximum Gasteiger partial charge on any atom is 0.251 e. The molecule has 18 heavy (non-hydrogen) atoms. The second kappa shape index (κ2) is 7.38. The second-order valence-electron chi connectivity index (χ2n) is 4.60. The van der Waals surface area contributed by atoms with Crippen LogP contribution in [0.15, 0.2) is 6.33 Å². The van der Waals surface area contributed by atoms with Gasteiger partial charge in [-0.1, -0.05) is 13.8 Å². The number of aliphatic hydroxyl groups excluding tert-OH is 1. The number of halogens is 2. The van der Waals surface area contributed by atoms with Crippen molar-refractivity contribution in [2.45, 2.75) is 33.4 Å². The number of rotatable bonds is 8. The van der Waals surface area contributed by atoms with Crippen LogP contribution in [0.2, 0.25) is 0 Å². The summed E-state index contributed by atoms with van der Waals surface area (Å²) in [6, 6.07) is 0. The van der Waals surface area contributed by atoms with Crippen LogP contribution in [0.5, 0.6) is 0 Å². The maximum atomic E-state index is 12.4. The van der Waals surface area contributed by atoms with Crippen LogP contribution in [-0.4, -0.2) is 50.9 Å². The summed E-state index contributed by atoms with van der Waals surface area (Å²) >= 11 is 0. The lowest BCUT2D eigenvalue weighted by molar-refractivity contribution is 0.0724. The first-order valence-electron chi connectivity index (χ1n) is 6.01. The van der Waals surface area contributed by atoms with E-state index in [2.05, 4.69) is 23.9 Å². The summed E-state index contributed by atoms with van der Waals surface area (Å²) in [6.07, 6.45) is -0.991. The molecule has 7 heteroatoms. The van der Waals surface area contributed by atoms with Crippen LogP contribution in [-0.2, 0) is 13.1 Å². The van der Waals surface area contributed by atoms with Gasteiger partial charge in [-0.3, -0.25) is 4.90 Å². The molecular formula is C11H20F2N4O. The van der Waals surface area contributed by atoms with Gasteiger partial charge in [-0.2, -0.15) is 5.10 Å². The van der Waals surface area contributed by atoms with Crippen molar-refractivity contribution in [3.8, 4) is 0 Å². The zero-order valence-electron chi connectivity index (χ0n) is 10.8. The van der Waals surface area contributed by atoms with E-state index in [9.17, 15) is 8.78 Å². The van der Waals surface area contributed by atoms with Gasteiger partial charge in [-0.25, -0.2) is 18.4 Å². The molecule has 0 amide bonds. The Hall–Kier alpha value is -1.08. The van der Waals surface area contributed by atoms with E-state index < -0.39 is 6.43 Å². The fourth-order valence-electron chi connectivity index (χ4n) is 1.68. The molecule has 1 rings (SSSR count). The average Bonchev–Trinajstić information content (AvgIpc) is 2.64. The van der Waals surface area contributed by atoms with E-state index >= 15 is 0 Å². The molecule has 5 nitrogen and oxygen atoms in total. The smallest absolute Gasteiger partial charge is 0.251 e. The van der Waals surface area contributed by atoms with Crippen molar-refractivity contribution < 1.29 is 13.9 Å². The van der Waals surface area contributed by atoms with Gasteiger partial charge in [0.1, 0.15) is 12.2 Å². The van der Waals surface area contributed by atoms with Crippen molar-refractivity contribution in [1.29, 1.82) is 0 Å². The van der Waals surface area contributed by atoms with Gasteiger partial charge in [-0.05, 0) is 5.92 Å². The SMILES string of the molecule is CC(C)Cn1ncnc1CN(CCO)CC(F)F. The van der Waals surface area contributed by atoms with Gasteiger partial charge in [-0.15, -0.1) is 0 Å². The summed E-state index contributed by atoms with van der Waals surface area (Å²) in [4.78, 5) is 5.56. The molecule has 0 saturated carbocycles. The molecule has 0 spiro atoms. The largest absolute Gasteiger partial charge is 0.395 e. The lowest BCUT2D eigenvalue weighted by Crippen LogP contribution is -2.32. The quantitative estimate of drug-likeness (QED) is 0.759. The third kappa shape index (κ3) is 5.05. The molecule has 1 aromatic rings. The second-order valence-corrected chi connectivity index (χ2v) is 4.60. The highest BCUT2D eigenvalue weighted by molar-refractivity contribution is 4.85. The van der Waals surface area contributed by atoms with Gasteiger partial charge in [0.05, 0.1) is 19.7 Å². The third-order valence-corrected chi connectivity index (χ3v) is 2.41. The number of nitrogens with zero attached hydrogens (tertiary/aromatic N) is 4. The average molecular weight is 262 g/mol. The third-order valence-electron chi connectivity index (χ3n) is 2.41. The minimum atomic E-state index is -2.42. The summed E-state index contributed by atoms with van der Waals surface area (Å²) in [7, 11) is 0. The fourth-order valence-corrected chi connectivity index (χ4v) is 1.68. The first-order valence-corrected chi connectivity index (χ1v) is 6.01. The van der Waals surface area contributed by atoms with E-state index in [0.29, 0.717) is 18.3 Å². The monoisotopic (exact) mass is 262 g/mol. The molecule has 0 atom stereocenters. The van der Waals surface area contributed by atoms with Gasteiger partial charge in [0.25, 0.3) is 6.43 Å². The van der Waals surface area contributed by atoms with Crippen LogP contribution in [0.25, 0.3) is 0 Å². The summed E-state index contributed by atoms with van der Waals surface area (Å²) in [5.41, 5.74) is 0. The Morgan fingerprint density at radius 1 is 1.44 bits per heavy atom. The topological polar surface area (TPSA) is 54.2 Å². The summed E-state index contributed by atoms with van der Waals surface area (Å²) in [6.45, 7) is 4.78. The molecule has 0 unspecified atom stereocenters. The summed E-state index contributed by atoms with van der Waals surface area (Å²) in [5, 5.41) is 12.9. The van der Waals surface area contributed by atoms with E-state index in [-0.39, 0.29) is 26.2 Å². The molecule has 0 aromatic carbocycles.